The number of imide groups is 1. The first-order valence-electron chi connectivity index (χ1n) is 16.4. The molecule has 1 fully saturated rings. The van der Waals surface area contributed by atoms with E-state index >= 15 is 0 Å². The minimum atomic E-state index is -1.75. The molecule has 1 N–H and O–H groups in total. The molecule has 4 amide bonds. The van der Waals surface area contributed by atoms with E-state index in [2.05, 4.69) is 5.32 Å². The molecule has 0 radical (unpaired) electrons. The number of hydrogen-bond donors (Lipinski definition) is 1. The Morgan fingerprint density at radius 3 is 2.25 bits per heavy atom. The van der Waals surface area contributed by atoms with Crippen molar-refractivity contribution in [3.8, 4) is 11.8 Å². The summed E-state index contributed by atoms with van der Waals surface area (Å²) in [6.07, 6.45) is -5.36. The van der Waals surface area contributed by atoms with Crippen LogP contribution in [0.15, 0.2) is 42.5 Å². The van der Waals surface area contributed by atoms with Gasteiger partial charge in [-0.2, -0.15) is 5.26 Å². The molecule has 0 saturated carbocycles. The number of ether oxygens (including phenoxy) is 6. The summed E-state index contributed by atoms with van der Waals surface area (Å²) in [5, 5.41) is 12.4. The number of morpholine rings is 1. The molecule has 1 saturated heterocycles. The van der Waals surface area contributed by atoms with Gasteiger partial charge in [-0.15, -0.1) is 0 Å². The fourth-order valence-corrected chi connectivity index (χ4v) is 4.73. The fraction of sp³-hybridized carbons (Fsp3) is 0.472. The SMILES string of the molecule is CCOC(=O)COc1cccc(N2CCO[C@H]([C@@H](OC(C)=O)C(=O)Nc3ccc(C#N)c(CN(C(=O)OC(C)(C)C)C(=O)OC(C)(C)C)c3)C2=O)c1. The summed E-state index contributed by atoms with van der Waals surface area (Å²) < 4.78 is 32.1. The van der Waals surface area contributed by atoms with E-state index in [0.29, 0.717) is 10.6 Å². The Kier molecular flexibility index (Phi) is 13.7. The van der Waals surface area contributed by atoms with E-state index in [9.17, 15) is 34.0 Å². The van der Waals surface area contributed by atoms with Crippen molar-refractivity contribution in [3.63, 3.8) is 0 Å². The number of rotatable bonds is 11. The average molecular weight is 725 g/mol. The third-order valence-corrected chi connectivity index (χ3v) is 6.79. The Hall–Kier alpha value is -5.69. The second kappa shape index (κ2) is 17.5. The van der Waals surface area contributed by atoms with Crippen molar-refractivity contribution in [1.29, 1.82) is 5.26 Å². The summed E-state index contributed by atoms with van der Waals surface area (Å²) in [6.45, 7) is 11.9. The van der Waals surface area contributed by atoms with Crippen molar-refractivity contribution in [2.75, 3.05) is 36.6 Å². The van der Waals surface area contributed by atoms with Crippen molar-refractivity contribution in [2.24, 2.45) is 0 Å². The van der Waals surface area contributed by atoms with Crippen LogP contribution in [0.2, 0.25) is 0 Å². The zero-order valence-corrected chi connectivity index (χ0v) is 30.5. The van der Waals surface area contributed by atoms with Crippen molar-refractivity contribution >= 4 is 47.3 Å². The van der Waals surface area contributed by atoms with E-state index in [1.807, 2.05) is 6.07 Å². The van der Waals surface area contributed by atoms with Crippen LogP contribution < -0.4 is 15.0 Å². The number of carbonyl (C=O) groups is 6. The second-order valence-electron chi connectivity index (χ2n) is 13.4. The first-order valence-corrected chi connectivity index (χ1v) is 16.4. The van der Waals surface area contributed by atoms with Gasteiger partial charge in [-0.1, -0.05) is 6.07 Å². The molecule has 280 valence electrons. The first-order chi connectivity index (χ1) is 24.3. The van der Waals surface area contributed by atoms with E-state index in [-0.39, 0.29) is 48.9 Å². The molecule has 2 aromatic carbocycles. The summed E-state index contributed by atoms with van der Waals surface area (Å²) in [6, 6.07) is 12.4. The van der Waals surface area contributed by atoms with Gasteiger partial charge in [-0.3, -0.25) is 14.4 Å². The van der Waals surface area contributed by atoms with Crippen molar-refractivity contribution in [2.45, 2.75) is 85.3 Å². The minimum Gasteiger partial charge on any atom is -0.482 e. The van der Waals surface area contributed by atoms with Crippen LogP contribution in [0.1, 0.15) is 66.5 Å². The monoisotopic (exact) mass is 724 g/mol. The van der Waals surface area contributed by atoms with E-state index in [0.717, 1.165) is 6.92 Å². The highest BCUT2D eigenvalue weighted by atomic mass is 16.6. The molecule has 1 aliphatic heterocycles. The third kappa shape index (κ3) is 12.0. The van der Waals surface area contributed by atoms with Crippen LogP contribution in [0.4, 0.5) is 21.0 Å². The predicted octanol–water partition coefficient (Wildman–Crippen LogP) is 4.47. The molecule has 16 heteroatoms. The summed E-state index contributed by atoms with van der Waals surface area (Å²) in [4.78, 5) is 79.5. The molecule has 2 atom stereocenters. The summed E-state index contributed by atoms with van der Waals surface area (Å²) in [5.74, 6) is -2.78. The number of amides is 4. The predicted molar refractivity (Wildman–Crippen MR) is 184 cm³/mol. The highest BCUT2D eigenvalue weighted by Gasteiger charge is 2.43. The van der Waals surface area contributed by atoms with Gasteiger partial charge in [0.05, 0.1) is 31.4 Å². The molecule has 0 aliphatic carbocycles. The van der Waals surface area contributed by atoms with Crippen molar-refractivity contribution in [3.05, 3.63) is 53.6 Å². The first kappa shape index (κ1) is 40.7. The lowest BCUT2D eigenvalue weighted by Crippen LogP contribution is -2.56. The van der Waals surface area contributed by atoms with Gasteiger partial charge in [0.15, 0.2) is 12.7 Å². The largest absolute Gasteiger partial charge is 0.482 e. The number of hydrogen-bond acceptors (Lipinski definition) is 13. The van der Waals surface area contributed by atoms with Gasteiger partial charge in [0.2, 0.25) is 6.10 Å². The molecule has 1 heterocycles. The van der Waals surface area contributed by atoms with Gasteiger partial charge >= 0.3 is 24.1 Å². The van der Waals surface area contributed by atoms with E-state index < -0.39 is 65.9 Å². The number of nitriles is 1. The molecular weight excluding hydrogens is 680 g/mol. The van der Waals surface area contributed by atoms with Gasteiger partial charge in [-0.05, 0) is 84.4 Å². The lowest BCUT2D eigenvalue weighted by atomic mass is 10.1. The minimum absolute atomic E-state index is 0.0262. The number of carbonyl (C=O) groups excluding carboxylic acids is 6. The number of nitrogens with zero attached hydrogens (tertiary/aromatic N) is 3. The van der Waals surface area contributed by atoms with Crippen LogP contribution in [0, 0.1) is 11.3 Å². The molecule has 0 spiro atoms. The number of esters is 2. The molecule has 16 nitrogen and oxygen atoms in total. The molecular formula is C36H44N4O12. The number of benzene rings is 2. The maximum absolute atomic E-state index is 13.7. The Morgan fingerprint density at radius 2 is 1.67 bits per heavy atom. The average Bonchev–Trinajstić information content (AvgIpc) is 3.04. The van der Waals surface area contributed by atoms with Crippen LogP contribution in [0.3, 0.4) is 0 Å². The molecule has 2 aromatic rings. The van der Waals surface area contributed by atoms with Gasteiger partial charge in [0.25, 0.3) is 11.8 Å². The zero-order valence-electron chi connectivity index (χ0n) is 30.5. The standard InChI is InChI=1S/C36H44N4O12/c1-9-47-28(42)21-49-27-12-10-11-26(18-27)39-15-16-48-30(32(39)44)29(50-22(2)41)31(43)38-25-14-13-23(19-37)24(17-25)20-40(33(45)51-35(3,4)5)34(46)52-36(6,7)8/h10-14,17-18,29-30H,9,15-16,20-21H2,1-8H3,(H,38,43)/t29-,30-/m1/s1. The van der Waals surface area contributed by atoms with Gasteiger partial charge in [0.1, 0.15) is 17.0 Å². The normalized spacial score (nSPS) is 15.0. The molecule has 3 rings (SSSR count). The van der Waals surface area contributed by atoms with Crippen LogP contribution in [0.25, 0.3) is 0 Å². The number of nitrogens with one attached hydrogen (secondary N) is 1. The Bertz CT molecular complexity index is 1680. The molecule has 0 unspecified atom stereocenters. The Morgan fingerprint density at radius 1 is 1.02 bits per heavy atom. The highest BCUT2D eigenvalue weighted by Crippen LogP contribution is 2.27. The number of anilines is 2. The fourth-order valence-electron chi connectivity index (χ4n) is 4.73. The lowest BCUT2D eigenvalue weighted by Gasteiger charge is -2.35. The maximum atomic E-state index is 13.7. The van der Waals surface area contributed by atoms with Crippen LogP contribution in [-0.2, 0) is 49.4 Å². The van der Waals surface area contributed by atoms with Crippen LogP contribution >= 0.6 is 0 Å². The van der Waals surface area contributed by atoms with Crippen molar-refractivity contribution < 1.29 is 57.2 Å². The van der Waals surface area contributed by atoms with E-state index in [4.69, 9.17) is 28.4 Å². The van der Waals surface area contributed by atoms with Crippen LogP contribution in [0.5, 0.6) is 5.75 Å². The quantitative estimate of drug-likeness (QED) is 0.252. The summed E-state index contributed by atoms with van der Waals surface area (Å²) >= 11 is 0. The molecule has 0 bridgehead atoms. The Balaban J connectivity index is 1.88. The van der Waals surface area contributed by atoms with Gasteiger partial charge in [-0.25, -0.2) is 19.3 Å². The van der Waals surface area contributed by atoms with E-state index in [1.54, 1.807) is 66.7 Å². The second-order valence-corrected chi connectivity index (χ2v) is 13.4. The molecule has 1 aliphatic rings. The third-order valence-electron chi connectivity index (χ3n) is 6.79. The lowest BCUT2D eigenvalue weighted by molar-refractivity contribution is -0.167. The van der Waals surface area contributed by atoms with E-state index in [1.165, 1.54) is 29.2 Å². The van der Waals surface area contributed by atoms with Crippen LogP contribution in [-0.4, -0.2) is 90.6 Å². The summed E-state index contributed by atoms with van der Waals surface area (Å²) in [5.41, 5.74) is -1.27. The molecule has 52 heavy (non-hydrogen) atoms. The summed E-state index contributed by atoms with van der Waals surface area (Å²) in [7, 11) is 0. The van der Waals surface area contributed by atoms with Crippen molar-refractivity contribution in [1.82, 2.24) is 4.90 Å². The van der Waals surface area contributed by atoms with Gasteiger partial charge in [0, 0.05) is 30.9 Å². The topological polar surface area (TPSA) is 200 Å². The Labute approximate surface area is 301 Å². The molecule has 0 aromatic heterocycles. The highest BCUT2D eigenvalue weighted by molar-refractivity contribution is 6.04. The zero-order chi connectivity index (χ0) is 38.8. The van der Waals surface area contributed by atoms with Gasteiger partial charge < -0.3 is 38.6 Å². The maximum Gasteiger partial charge on any atom is 0.420 e. The smallest absolute Gasteiger partial charge is 0.420 e.